The minimum atomic E-state index is -3.52. The lowest BCUT2D eigenvalue weighted by Crippen LogP contribution is -2.41. The molecule has 0 aliphatic carbocycles. The highest BCUT2D eigenvalue weighted by Gasteiger charge is 2.22. The van der Waals surface area contributed by atoms with Crippen molar-refractivity contribution in [3.8, 4) is 0 Å². The van der Waals surface area contributed by atoms with E-state index >= 15 is 0 Å². The molecule has 0 aliphatic heterocycles. The average molecular weight is 326 g/mol. The first-order valence-electron chi connectivity index (χ1n) is 7.43. The van der Waals surface area contributed by atoms with Crippen molar-refractivity contribution in [2.45, 2.75) is 34.1 Å². The monoisotopic (exact) mass is 326 g/mol. The van der Waals surface area contributed by atoms with Gasteiger partial charge in [-0.3, -0.25) is 9.10 Å². The molecule has 0 heterocycles. The van der Waals surface area contributed by atoms with Crippen molar-refractivity contribution < 1.29 is 13.2 Å². The maximum atomic E-state index is 12.1. The van der Waals surface area contributed by atoms with Gasteiger partial charge in [0, 0.05) is 6.54 Å². The minimum absolute atomic E-state index is 0.193. The van der Waals surface area contributed by atoms with Crippen LogP contribution in [0.4, 0.5) is 5.69 Å². The highest BCUT2D eigenvalue weighted by Crippen LogP contribution is 2.23. The molecule has 22 heavy (non-hydrogen) atoms. The molecule has 0 atom stereocenters. The molecule has 0 saturated heterocycles. The van der Waals surface area contributed by atoms with Gasteiger partial charge in [-0.2, -0.15) is 0 Å². The number of aryl methyl sites for hydroxylation is 2. The lowest BCUT2D eigenvalue weighted by molar-refractivity contribution is -0.119. The lowest BCUT2D eigenvalue weighted by atomic mass is 10.1. The van der Waals surface area contributed by atoms with E-state index in [0.29, 0.717) is 18.2 Å². The predicted molar refractivity (Wildman–Crippen MR) is 90.6 cm³/mol. The molecule has 0 saturated carbocycles. The predicted octanol–water partition coefficient (Wildman–Crippen LogP) is 2.23. The van der Waals surface area contributed by atoms with Gasteiger partial charge in [-0.25, -0.2) is 8.42 Å². The molecule has 1 aromatic carbocycles. The Kier molecular flexibility index (Phi) is 6.41. The van der Waals surface area contributed by atoms with Gasteiger partial charge in [0.05, 0.1) is 11.9 Å². The first-order chi connectivity index (χ1) is 10.1. The lowest BCUT2D eigenvalue weighted by Gasteiger charge is -2.24. The van der Waals surface area contributed by atoms with Gasteiger partial charge >= 0.3 is 0 Å². The van der Waals surface area contributed by atoms with Gasteiger partial charge in [0.2, 0.25) is 15.9 Å². The fraction of sp³-hybridized carbons (Fsp3) is 0.562. The van der Waals surface area contributed by atoms with Crippen LogP contribution in [0.15, 0.2) is 18.2 Å². The summed E-state index contributed by atoms with van der Waals surface area (Å²) in [5.74, 6) is 0.206. The van der Waals surface area contributed by atoms with E-state index in [0.717, 1.165) is 23.8 Å². The van der Waals surface area contributed by atoms with E-state index in [1.165, 1.54) is 4.31 Å². The summed E-state index contributed by atoms with van der Waals surface area (Å²) in [5, 5.41) is 2.78. The number of amides is 1. The molecule has 0 fully saturated rings. The van der Waals surface area contributed by atoms with Crippen molar-refractivity contribution in [1.29, 1.82) is 0 Å². The van der Waals surface area contributed by atoms with Crippen molar-refractivity contribution >= 4 is 21.6 Å². The molecule has 6 heteroatoms. The second kappa shape index (κ2) is 7.63. The van der Waals surface area contributed by atoms with E-state index in [2.05, 4.69) is 19.2 Å². The smallest absolute Gasteiger partial charge is 0.240 e. The number of carbonyl (C=O) groups excluding carboxylic acids is 1. The van der Waals surface area contributed by atoms with Crippen LogP contribution in [-0.2, 0) is 14.8 Å². The maximum absolute atomic E-state index is 12.1. The Morgan fingerprint density at radius 2 is 1.91 bits per heavy atom. The number of benzene rings is 1. The number of carbonyl (C=O) groups is 1. The average Bonchev–Trinajstić information content (AvgIpc) is 2.37. The molecular formula is C16H26N2O3S. The number of hydrogen-bond donors (Lipinski definition) is 1. The van der Waals surface area contributed by atoms with Crippen LogP contribution < -0.4 is 9.62 Å². The molecule has 1 N–H and O–H groups in total. The van der Waals surface area contributed by atoms with Gasteiger partial charge in [-0.05, 0) is 43.4 Å². The first kappa shape index (κ1) is 18.5. The number of nitrogens with zero attached hydrogens (tertiary/aromatic N) is 1. The van der Waals surface area contributed by atoms with Crippen molar-refractivity contribution in [3.63, 3.8) is 0 Å². The molecule has 0 spiro atoms. The summed E-state index contributed by atoms with van der Waals surface area (Å²) in [6.07, 6.45) is 1.99. The molecule has 124 valence electrons. The highest BCUT2D eigenvalue weighted by molar-refractivity contribution is 7.92. The van der Waals surface area contributed by atoms with E-state index in [-0.39, 0.29) is 12.5 Å². The zero-order valence-corrected chi connectivity index (χ0v) is 14.8. The normalized spacial score (nSPS) is 11.5. The number of nitrogens with one attached hydrogen (secondary N) is 1. The Hall–Kier alpha value is -1.56. The fourth-order valence-corrected chi connectivity index (χ4v) is 2.96. The Morgan fingerprint density at radius 3 is 2.45 bits per heavy atom. The second-order valence-electron chi connectivity index (χ2n) is 6.09. The SMILES string of the molecule is Cc1ccc(C)c(N(CC(=O)NCCC(C)C)S(C)(=O)=O)c1. The molecule has 0 unspecified atom stereocenters. The Morgan fingerprint density at radius 1 is 1.27 bits per heavy atom. The van der Waals surface area contributed by atoms with Crippen LogP contribution in [0.1, 0.15) is 31.4 Å². The van der Waals surface area contributed by atoms with E-state index in [4.69, 9.17) is 0 Å². The second-order valence-corrected chi connectivity index (χ2v) is 8.00. The molecule has 0 aromatic heterocycles. The Labute approximate surface area is 133 Å². The van der Waals surface area contributed by atoms with Gasteiger partial charge in [0.1, 0.15) is 6.54 Å². The molecule has 5 nitrogen and oxygen atoms in total. The van der Waals surface area contributed by atoms with Crippen molar-refractivity contribution in [2.75, 3.05) is 23.7 Å². The molecule has 1 aromatic rings. The summed E-state index contributed by atoms with van der Waals surface area (Å²) in [6, 6.07) is 5.57. The maximum Gasteiger partial charge on any atom is 0.240 e. The summed E-state index contributed by atoms with van der Waals surface area (Å²) in [4.78, 5) is 12.0. The van der Waals surface area contributed by atoms with Crippen LogP contribution in [0.5, 0.6) is 0 Å². The standard InChI is InChI=1S/C16H26N2O3S/c1-12(2)8-9-17-16(19)11-18(22(5,20)21)15-10-13(3)6-7-14(15)4/h6-7,10,12H,8-9,11H2,1-5H3,(H,17,19). The zero-order chi connectivity index (χ0) is 16.9. The van der Waals surface area contributed by atoms with E-state index in [1.807, 2.05) is 26.0 Å². The van der Waals surface area contributed by atoms with E-state index in [1.54, 1.807) is 6.07 Å². The van der Waals surface area contributed by atoms with Crippen LogP contribution in [0.3, 0.4) is 0 Å². The van der Waals surface area contributed by atoms with Crippen LogP contribution in [0, 0.1) is 19.8 Å². The summed E-state index contributed by atoms with van der Waals surface area (Å²) < 4.78 is 25.3. The van der Waals surface area contributed by atoms with Crippen LogP contribution in [0.25, 0.3) is 0 Å². The molecular weight excluding hydrogens is 300 g/mol. The molecule has 1 rings (SSSR count). The molecule has 0 radical (unpaired) electrons. The highest BCUT2D eigenvalue weighted by atomic mass is 32.2. The Bertz CT molecular complexity index is 624. The van der Waals surface area contributed by atoms with Gasteiger partial charge in [-0.1, -0.05) is 26.0 Å². The third-order valence-electron chi connectivity index (χ3n) is 3.36. The van der Waals surface area contributed by atoms with E-state index < -0.39 is 10.0 Å². The van der Waals surface area contributed by atoms with Crippen LogP contribution in [0.2, 0.25) is 0 Å². The molecule has 0 aliphatic rings. The summed E-state index contributed by atoms with van der Waals surface area (Å²) in [7, 11) is -3.52. The topological polar surface area (TPSA) is 66.5 Å². The van der Waals surface area contributed by atoms with Crippen molar-refractivity contribution in [2.24, 2.45) is 5.92 Å². The number of sulfonamides is 1. The fourth-order valence-electron chi connectivity index (χ4n) is 2.06. The van der Waals surface area contributed by atoms with Crippen molar-refractivity contribution in [3.05, 3.63) is 29.3 Å². The van der Waals surface area contributed by atoms with E-state index in [9.17, 15) is 13.2 Å². The first-order valence-corrected chi connectivity index (χ1v) is 9.27. The van der Waals surface area contributed by atoms with Gasteiger partial charge in [-0.15, -0.1) is 0 Å². The largest absolute Gasteiger partial charge is 0.355 e. The number of rotatable bonds is 7. The molecule has 1 amide bonds. The summed E-state index contributed by atoms with van der Waals surface area (Å²) >= 11 is 0. The van der Waals surface area contributed by atoms with Gasteiger partial charge < -0.3 is 5.32 Å². The summed E-state index contributed by atoms with van der Waals surface area (Å²) in [5.41, 5.74) is 2.34. The van der Waals surface area contributed by atoms with Gasteiger partial charge in [0.15, 0.2) is 0 Å². The zero-order valence-electron chi connectivity index (χ0n) is 14.0. The third-order valence-corrected chi connectivity index (χ3v) is 4.49. The number of anilines is 1. The third kappa shape index (κ3) is 5.67. The van der Waals surface area contributed by atoms with Crippen molar-refractivity contribution in [1.82, 2.24) is 5.32 Å². The molecule has 0 bridgehead atoms. The quantitative estimate of drug-likeness (QED) is 0.835. The summed E-state index contributed by atoms with van der Waals surface area (Å²) in [6.45, 7) is 8.24. The Balaban J connectivity index is 2.92. The van der Waals surface area contributed by atoms with Crippen LogP contribution >= 0.6 is 0 Å². The minimum Gasteiger partial charge on any atom is -0.355 e. The van der Waals surface area contributed by atoms with Gasteiger partial charge in [0.25, 0.3) is 0 Å². The number of hydrogen-bond acceptors (Lipinski definition) is 3. The van der Waals surface area contributed by atoms with Crippen LogP contribution in [-0.4, -0.2) is 33.7 Å².